The number of rotatable bonds is 2. The first kappa shape index (κ1) is 13.5. The van der Waals surface area contributed by atoms with Gasteiger partial charge in [0.05, 0.1) is 0 Å². The van der Waals surface area contributed by atoms with Gasteiger partial charge in [0, 0.05) is 11.8 Å². The molecule has 21 heavy (non-hydrogen) atoms. The van der Waals surface area contributed by atoms with Crippen LogP contribution in [0.4, 0.5) is 0 Å². The standard InChI is InChI=1S/C20H25O/c1-14-7-6-12-20(14)18(10-5-11-19(20)21)17-13-16(17)15-8-3-2-4-9-15/h2-4,8-9,14,16-18H,1,5-7,10-13H2/t14?,16-,17+,18?,20?/m0/s1. The molecule has 3 fully saturated rings. The largest absolute Gasteiger partial charge is 0.299 e. The summed E-state index contributed by atoms with van der Waals surface area (Å²) < 4.78 is 0. The average Bonchev–Trinajstić information content (AvgIpc) is 3.21. The van der Waals surface area contributed by atoms with E-state index in [4.69, 9.17) is 0 Å². The Bertz CT molecular complexity index is 534. The van der Waals surface area contributed by atoms with Crippen LogP contribution in [0.5, 0.6) is 0 Å². The normalized spacial score (nSPS) is 42.4. The van der Waals surface area contributed by atoms with Crippen LogP contribution in [0.15, 0.2) is 30.3 Å². The maximum Gasteiger partial charge on any atom is 0.139 e. The van der Waals surface area contributed by atoms with E-state index in [1.807, 2.05) is 0 Å². The fourth-order valence-corrected chi connectivity index (χ4v) is 5.48. The Labute approximate surface area is 128 Å². The molecule has 0 amide bonds. The number of carbonyl (C=O) groups is 1. The van der Waals surface area contributed by atoms with Crippen molar-refractivity contribution in [3.05, 3.63) is 42.8 Å². The van der Waals surface area contributed by atoms with Crippen LogP contribution in [-0.4, -0.2) is 5.78 Å². The van der Waals surface area contributed by atoms with Crippen molar-refractivity contribution in [2.75, 3.05) is 0 Å². The monoisotopic (exact) mass is 281 g/mol. The Balaban J connectivity index is 1.61. The van der Waals surface area contributed by atoms with Crippen molar-refractivity contribution < 1.29 is 4.79 Å². The molecule has 1 spiro atoms. The minimum absolute atomic E-state index is 0.0492. The van der Waals surface area contributed by atoms with Crippen molar-refractivity contribution in [3.63, 3.8) is 0 Å². The first-order valence-corrected chi connectivity index (χ1v) is 8.65. The van der Waals surface area contributed by atoms with Crippen LogP contribution < -0.4 is 0 Å². The maximum absolute atomic E-state index is 12.8. The second kappa shape index (κ2) is 4.97. The summed E-state index contributed by atoms with van der Waals surface area (Å²) in [6.07, 6.45) is 7.94. The van der Waals surface area contributed by atoms with Gasteiger partial charge in [-0.25, -0.2) is 0 Å². The smallest absolute Gasteiger partial charge is 0.139 e. The summed E-state index contributed by atoms with van der Waals surface area (Å²) in [6, 6.07) is 10.9. The third-order valence-electron chi connectivity index (χ3n) is 6.56. The van der Waals surface area contributed by atoms with Crippen LogP contribution in [0.2, 0.25) is 0 Å². The predicted octanol–water partition coefficient (Wildman–Crippen LogP) is 4.78. The van der Waals surface area contributed by atoms with Gasteiger partial charge in [-0.05, 0) is 68.3 Å². The van der Waals surface area contributed by atoms with Crippen LogP contribution in [0, 0.1) is 30.1 Å². The quantitative estimate of drug-likeness (QED) is 0.762. The van der Waals surface area contributed by atoms with Crippen molar-refractivity contribution in [1.82, 2.24) is 0 Å². The molecule has 0 heterocycles. The molecule has 0 aromatic heterocycles. The maximum atomic E-state index is 12.8. The number of carbonyl (C=O) groups excluding carboxylic acids is 1. The van der Waals surface area contributed by atoms with Gasteiger partial charge >= 0.3 is 0 Å². The third kappa shape index (κ3) is 2.00. The highest BCUT2D eigenvalue weighted by Crippen LogP contribution is 2.64. The van der Waals surface area contributed by atoms with Crippen molar-refractivity contribution >= 4 is 5.78 Å². The van der Waals surface area contributed by atoms with Gasteiger partial charge in [-0.3, -0.25) is 4.79 Å². The molecular weight excluding hydrogens is 256 g/mol. The number of hydrogen-bond acceptors (Lipinski definition) is 1. The molecular formula is C20H25O. The molecule has 3 saturated carbocycles. The SMILES string of the molecule is [CH2]C1CCCC12C(=O)CCCC2[C@@H]1C[C@H]1c1ccccc1. The first-order chi connectivity index (χ1) is 10.2. The number of hydrogen-bond donors (Lipinski definition) is 0. The lowest BCUT2D eigenvalue weighted by atomic mass is 9.58. The lowest BCUT2D eigenvalue weighted by molar-refractivity contribution is -0.138. The number of ketones is 1. The average molecular weight is 281 g/mol. The van der Waals surface area contributed by atoms with E-state index in [9.17, 15) is 4.79 Å². The molecule has 3 aliphatic carbocycles. The Hall–Kier alpha value is -1.11. The summed E-state index contributed by atoms with van der Waals surface area (Å²) in [4.78, 5) is 12.8. The molecule has 111 valence electrons. The lowest BCUT2D eigenvalue weighted by Crippen LogP contribution is -2.45. The van der Waals surface area contributed by atoms with Gasteiger partial charge in [0.1, 0.15) is 5.78 Å². The Kier molecular flexibility index (Phi) is 3.20. The van der Waals surface area contributed by atoms with Crippen molar-refractivity contribution in [2.45, 2.75) is 50.9 Å². The van der Waals surface area contributed by atoms with E-state index in [0.717, 1.165) is 31.6 Å². The van der Waals surface area contributed by atoms with Crippen molar-refractivity contribution in [3.8, 4) is 0 Å². The minimum Gasteiger partial charge on any atom is -0.299 e. The molecule has 1 aromatic carbocycles. The molecule has 1 radical (unpaired) electrons. The van der Waals surface area contributed by atoms with E-state index in [1.54, 1.807) is 0 Å². The van der Waals surface area contributed by atoms with E-state index in [0.29, 0.717) is 23.5 Å². The summed E-state index contributed by atoms with van der Waals surface area (Å²) in [5.74, 6) is 2.96. The number of benzene rings is 1. The van der Waals surface area contributed by atoms with Crippen LogP contribution in [0.3, 0.4) is 0 Å². The molecule has 0 bridgehead atoms. The summed E-state index contributed by atoms with van der Waals surface area (Å²) in [7, 11) is 0. The molecule has 0 N–H and O–H groups in total. The van der Waals surface area contributed by atoms with E-state index in [2.05, 4.69) is 37.3 Å². The fourth-order valence-electron chi connectivity index (χ4n) is 5.48. The van der Waals surface area contributed by atoms with Crippen LogP contribution in [0.1, 0.15) is 56.4 Å². The highest BCUT2D eigenvalue weighted by molar-refractivity contribution is 5.86. The van der Waals surface area contributed by atoms with Crippen molar-refractivity contribution in [1.29, 1.82) is 0 Å². The van der Waals surface area contributed by atoms with Gasteiger partial charge in [-0.1, -0.05) is 36.8 Å². The van der Waals surface area contributed by atoms with Gasteiger partial charge < -0.3 is 0 Å². The minimum atomic E-state index is -0.0492. The zero-order chi connectivity index (χ0) is 14.4. The van der Waals surface area contributed by atoms with Gasteiger partial charge in [-0.2, -0.15) is 0 Å². The van der Waals surface area contributed by atoms with Crippen LogP contribution in [0.25, 0.3) is 0 Å². The molecule has 1 nitrogen and oxygen atoms in total. The molecule has 0 saturated heterocycles. The highest BCUT2D eigenvalue weighted by atomic mass is 16.1. The van der Waals surface area contributed by atoms with Gasteiger partial charge in [0.25, 0.3) is 0 Å². The second-order valence-electron chi connectivity index (χ2n) is 7.47. The van der Waals surface area contributed by atoms with Crippen LogP contribution in [-0.2, 0) is 4.79 Å². The molecule has 1 aromatic rings. The van der Waals surface area contributed by atoms with Gasteiger partial charge in [0.2, 0.25) is 0 Å². The summed E-state index contributed by atoms with van der Waals surface area (Å²) in [5.41, 5.74) is 1.43. The Morgan fingerprint density at radius 1 is 1.10 bits per heavy atom. The lowest BCUT2D eigenvalue weighted by Gasteiger charge is -2.44. The summed E-state index contributed by atoms with van der Waals surface area (Å²) in [6.45, 7) is 4.40. The topological polar surface area (TPSA) is 17.1 Å². The second-order valence-corrected chi connectivity index (χ2v) is 7.47. The van der Waals surface area contributed by atoms with E-state index >= 15 is 0 Å². The summed E-state index contributed by atoms with van der Waals surface area (Å²) >= 11 is 0. The van der Waals surface area contributed by atoms with E-state index in [1.165, 1.54) is 24.8 Å². The van der Waals surface area contributed by atoms with Crippen LogP contribution >= 0.6 is 0 Å². The molecule has 1 heteroatoms. The Morgan fingerprint density at radius 2 is 1.90 bits per heavy atom. The fraction of sp³-hybridized carbons (Fsp3) is 0.600. The van der Waals surface area contributed by atoms with Crippen molar-refractivity contribution in [2.24, 2.45) is 23.2 Å². The first-order valence-electron chi connectivity index (χ1n) is 8.65. The third-order valence-corrected chi connectivity index (χ3v) is 6.56. The molecule has 3 aliphatic rings. The van der Waals surface area contributed by atoms with E-state index in [-0.39, 0.29) is 5.41 Å². The molecule has 4 rings (SSSR count). The predicted molar refractivity (Wildman–Crippen MR) is 84.8 cm³/mol. The molecule has 5 atom stereocenters. The molecule has 3 unspecified atom stereocenters. The zero-order valence-electron chi connectivity index (χ0n) is 12.8. The molecule has 0 aliphatic heterocycles. The summed E-state index contributed by atoms with van der Waals surface area (Å²) in [5, 5.41) is 0. The number of Topliss-reactive ketones (excluding diaryl/α,β-unsaturated/α-hetero) is 1. The van der Waals surface area contributed by atoms with E-state index < -0.39 is 0 Å². The zero-order valence-corrected chi connectivity index (χ0v) is 12.8. The van der Waals surface area contributed by atoms with Gasteiger partial charge in [0.15, 0.2) is 0 Å². The Morgan fingerprint density at radius 3 is 2.62 bits per heavy atom. The van der Waals surface area contributed by atoms with Gasteiger partial charge in [-0.15, -0.1) is 0 Å². The highest BCUT2D eigenvalue weighted by Gasteiger charge is 2.59.